The lowest BCUT2D eigenvalue weighted by Crippen LogP contribution is -2.51. The predicted octanol–water partition coefficient (Wildman–Crippen LogP) is 2.60. The van der Waals surface area contributed by atoms with Crippen LogP contribution in [-0.4, -0.2) is 11.4 Å². The number of carbonyl (C=O) groups excluding carboxylic acids is 1. The summed E-state index contributed by atoms with van der Waals surface area (Å²) in [5.41, 5.74) is 13.4. The molecule has 0 aliphatic heterocycles. The Bertz CT molecular complexity index is 628. The molecule has 3 heteroatoms. The lowest BCUT2D eigenvalue weighted by molar-refractivity contribution is -0.122. The summed E-state index contributed by atoms with van der Waals surface area (Å²) < 4.78 is 0. The van der Waals surface area contributed by atoms with Crippen LogP contribution in [0.15, 0.2) is 54.6 Å². The van der Waals surface area contributed by atoms with Gasteiger partial charge >= 0.3 is 0 Å². The maximum Gasteiger partial charge on any atom is 0.237 e. The normalized spacial score (nSPS) is 14.0. The number of carbonyl (C=O) groups is 1. The second kappa shape index (κ2) is 6.37. The third-order valence-electron chi connectivity index (χ3n) is 3.38. The minimum absolute atomic E-state index is 0.436. The lowest BCUT2D eigenvalue weighted by Gasteiger charge is -2.20. The number of amides is 1. The number of primary amides is 1. The molecule has 0 saturated carbocycles. The zero-order chi connectivity index (χ0) is 15.3. The summed E-state index contributed by atoms with van der Waals surface area (Å²) in [6.07, 6.45) is 4.55. The standard InChI is InChI=1S/C18H20N2O/c1-18(20,17(19)21)13-16-11-9-15(10-12-16)8-7-14-5-3-2-4-6-14/h2-12H,13,20H2,1H3,(H2,19,21). The van der Waals surface area contributed by atoms with Crippen molar-refractivity contribution in [3.8, 4) is 0 Å². The van der Waals surface area contributed by atoms with E-state index in [1.807, 2.05) is 42.5 Å². The van der Waals surface area contributed by atoms with E-state index >= 15 is 0 Å². The van der Waals surface area contributed by atoms with E-state index in [9.17, 15) is 4.79 Å². The Morgan fingerprint density at radius 2 is 1.52 bits per heavy atom. The molecule has 0 bridgehead atoms. The van der Waals surface area contributed by atoms with E-state index in [-0.39, 0.29) is 0 Å². The molecule has 1 amide bonds. The Hall–Kier alpha value is -2.39. The lowest BCUT2D eigenvalue weighted by atomic mass is 9.93. The average molecular weight is 280 g/mol. The van der Waals surface area contributed by atoms with Crippen molar-refractivity contribution >= 4 is 18.1 Å². The summed E-state index contributed by atoms with van der Waals surface area (Å²) in [7, 11) is 0. The minimum Gasteiger partial charge on any atom is -0.368 e. The van der Waals surface area contributed by atoms with Gasteiger partial charge in [-0.1, -0.05) is 66.7 Å². The van der Waals surface area contributed by atoms with Crippen molar-refractivity contribution in [2.45, 2.75) is 18.9 Å². The summed E-state index contributed by atoms with van der Waals surface area (Å²) in [6.45, 7) is 1.65. The highest BCUT2D eigenvalue weighted by Crippen LogP contribution is 2.14. The summed E-state index contributed by atoms with van der Waals surface area (Å²) in [6, 6.07) is 18.1. The van der Waals surface area contributed by atoms with Gasteiger partial charge in [-0.25, -0.2) is 0 Å². The molecule has 1 atom stereocenters. The fourth-order valence-electron chi connectivity index (χ4n) is 2.01. The van der Waals surface area contributed by atoms with Gasteiger partial charge in [0.15, 0.2) is 0 Å². The Balaban J connectivity index is 2.06. The maximum absolute atomic E-state index is 11.2. The zero-order valence-corrected chi connectivity index (χ0v) is 12.1. The first-order valence-corrected chi connectivity index (χ1v) is 6.88. The van der Waals surface area contributed by atoms with Crippen LogP contribution in [0.1, 0.15) is 23.6 Å². The quantitative estimate of drug-likeness (QED) is 0.827. The van der Waals surface area contributed by atoms with Gasteiger partial charge in [-0.2, -0.15) is 0 Å². The van der Waals surface area contributed by atoms with Crippen LogP contribution in [0.25, 0.3) is 12.2 Å². The molecule has 2 aromatic rings. The van der Waals surface area contributed by atoms with Crippen molar-refractivity contribution in [2.75, 3.05) is 0 Å². The van der Waals surface area contributed by atoms with E-state index in [1.54, 1.807) is 6.92 Å². The largest absolute Gasteiger partial charge is 0.368 e. The third kappa shape index (κ3) is 4.29. The number of rotatable bonds is 5. The van der Waals surface area contributed by atoms with Gasteiger partial charge in [-0.15, -0.1) is 0 Å². The van der Waals surface area contributed by atoms with Crippen LogP contribution in [0.4, 0.5) is 0 Å². The fourth-order valence-corrected chi connectivity index (χ4v) is 2.01. The summed E-state index contributed by atoms with van der Waals surface area (Å²) >= 11 is 0. The van der Waals surface area contributed by atoms with E-state index in [0.717, 1.165) is 16.7 Å². The molecule has 0 saturated heterocycles. The average Bonchev–Trinajstić information content (AvgIpc) is 2.47. The molecule has 2 aromatic carbocycles. The molecule has 1 unspecified atom stereocenters. The van der Waals surface area contributed by atoms with Gasteiger partial charge in [0.2, 0.25) is 5.91 Å². The molecule has 108 valence electrons. The van der Waals surface area contributed by atoms with Gasteiger partial charge in [0.25, 0.3) is 0 Å². The second-order valence-corrected chi connectivity index (χ2v) is 5.44. The molecule has 21 heavy (non-hydrogen) atoms. The molecule has 2 rings (SSSR count). The molecule has 0 spiro atoms. The van der Waals surface area contributed by atoms with Crippen LogP contribution in [0.2, 0.25) is 0 Å². The van der Waals surface area contributed by atoms with Crippen LogP contribution < -0.4 is 11.5 Å². The van der Waals surface area contributed by atoms with Gasteiger partial charge in [0.05, 0.1) is 5.54 Å². The number of hydrogen-bond donors (Lipinski definition) is 2. The Labute approximate surface area is 125 Å². The van der Waals surface area contributed by atoms with Crippen LogP contribution in [-0.2, 0) is 11.2 Å². The Morgan fingerprint density at radius 3 is 2.05 bits per heavy atom. The molecule has 0 fully saturated rings. The highest BCUT2D eigenvalue weighted by atomic mass is 16.1. The van der Waals surface area contributed by atoms with Crippen molar-refractivity contribution < 1.29 is 4.79 Å². The second-order valence-electron chi connectivity index (χ2n) is 5.44. The van der Waals surface area contributed by atoms with Crippen molar-refractivity contribution in [3.05, 3.63) is 71.3 Å². The molecule has 0 radical (unpaired) electrons. The van der Waals surface area contributed by atoms with E-state index in [0.29, 0.717) is 6.42 Å². The van der Waals surface area contributed by atoms with Gasteiger partial charge in [0.1, 0.15) is 0 Å². The van der Waals surface area contributed by atoms with E-state index in [1.165, 1.54) is 0 Å². The molecular weight excluding hydrogens is 260 g/mol. The molecule has 3 nitrogen and oxygen atoms in total. The van der Waals surface area contributed by atoms with Crippen LogP contribution >= 0.6 is 0 Å². The first-order chi connectivity index (χ1) is 9.97. The van der Waals surface area contributed by atoms with Crippen LogP contribution in [0, 0.1) is 0 Å². The van der Waals surface area contributed by atoms with Crippen molar-refractivity contribution in [2.24, 2.45) is 11.5 Å². The zero-order valence-electron chi connectivity index (χ0n) is 12.1. The highest BCUT2D eigenvalue weighted by Gasteiger charge is 2.25. The predicted molar refractivity (Wildman–Crippen MR) is 87.3 cm³/mol. The summed E-state index contributed by atoms with van der Waals surface area (Å²) in [5, 5.41) is 0. The van der Waals surface area contributed by atoms with E-state index in [4.69, 9.17) is 11.5 Å². The van der Waals surface area contributed by atoms with Crippen molar-refractivity contribution in [3.63, 3.8) is 0 Å². The van der Waals surface area contributed by atoms with Gasteiger partial charge < -0.3 is 11.5 Å². The van der Waals surface area contributed by atoms with Crippen molar-refractivity contribution in [1.82, 2.24) is 0 Å². The number of hydrogen-bond acceptors (Lipinski definition) is 2. The van der Waals surface area contributed by atoms with Crippen LogP contribution in [0.3, 0.4) is 0 Å². The van der Waals surface area contributed by atoms with Gasteiger partial charge in [-0.3, -0.25) is 4.79 Å². The number of nitrogens with two attached hydrogens (primary N) is 2. The molecule has 0 aliphatic carbocycles. The Morgan fingerprint density at radius 1 is 1.00 bits per heavy atom. The van der Waals surface area contributed by atoms with E-state index in [2.05, 4.69) is 24.3 Å². The summed E-state index contributed by atoms with van der Waals surface area (Å²) in [4.78, 5) is 11.2. The maximum atomic E-state index is 11.2. The molecule has 0 heterocycles. The van der Waals surface area contributed by atoms with Crippen LogP contribution in [0.5, 0.6) is 0 Å². The molecule has 0 aliphatic rings. The SMILES string of the molecule is CC(N)(Cc1ccc(C=Cc2ccccc2)cc1)C(N)=O. The minimum atomic E-state index is -1.01. The molecule has 0 aromatic heterocycles. The monoisotopic (exact) mass is 280 g/mol. The highest BCUT2D eigenvalue weighted by molar-refractivity contribution is 5.84. The smallest absolute Gasteiger partial charge is 0.237 e. The number of benzene rings is 2. The van der Waals surface area contributed by atoms with E-state index < -0.39 is 11.4 Å². The van der Waals surface area contributed by atoms with Crippen molar-refractivity contribution in [1.29, 1.82) is 0 Å². The molecular formula is C18H20N2O. The first kappa shape index (κ1) is 15.0. The Kier molecular flexibility index (Phi) is 4.55. The topological polar surface area (TPSA) is 69.1 Å². The third-order valence-corrected chi connectivity index (χ3v) is 3.38. The first-order valence-electron chi connectivity index (χ1n) is 6.88. The van der Waals surface area contributed by atoms with Gasteiger partial charge in [0, 0.05) is 0 Å². The summed E-state index contributed by atoms with van der Waals surface area (Å²) in [5.74, 6) is -0.490. The van der Waals surface area contributed by atoms with Gasteiger partial charge in [-0.05, 0) is 30.0 Å². The fraction of sp³-hybridized carbons (Fsp3) is 0.167. The molecule has 4 N–H and O–H groups in total.